The molecule has 1 amide bonds. The molecule has 1 aromatic rings. The van der Waals surface area contributed by atoms with E-state index in [4.69, 9.17) is 9.84 Å². The number of amides is 1. The van der Waals surface area contributed by atoms with E-state index in [-0.39, 0.29) is 12.5 Å². The zero-order valence-electron chi connectivity index (χ0n) is 12.4. The summed E-state index contributed by atoms with van der Waals surface area (Å²) in [6.45, 7) is 7.44. The highest BCUT2D eigenvalue weighted by Crippen LogP contribution is 2.20. The van der Waals surface area contributed by atoms with E-state index < -0.39 is 11.4 Å². The van der Waals surface area contributed by atoms with Gasteiger partial charge in [-0.3, -0.25) is 9.59 Å². The van der Waals surface area contributed by atoms with Gasteiger partial charge >= 0.3 is 5.97 Å². The molecule has 0 radical (unpaired) electrons. The Hall–Kier alpha value is -2.30. The molecule has 5 nitrogen and oxygen atoms in total. The topological polar surface area (TPSA) is 75.6 Å². The van der Waals surface area contributed by atoms with Crippen molar-refractivity contribution >= 4 is 11.9 Å². The maximum Gasteiger partial charge on any atom is 0.311 e. The Morgan fingerprint density at radius 2 is 2.00 bits per heavy atom. The summed E-state index contributed by atoms with van der Waals surface area (Å²) < 4.78 is 5.33. The minimum atomic E-state index is -0.956. The number of benzene rings is 1. The zero-order valence-corrected chi connectivity index (χ0v) is 12.4. The van der Waals surface area contributed by atoms with Crippen LogP contribution in [0.5, 0.6) is 5.75 Å². The van der Waals surface area contributed by atoms with Crippen LogP contribution in [0.15, 0.2) is 36.9 Å². The predicted octanol–water partition coefficient (Wildman–Crippen LogP) is 2.48. The summed E-state index contributed by atoms with van der Waals surface area (Å²) in [5.74, 6) is -0.569. The molecule has 0 saturated heterocycles. The third-order valence-electron chi connectivity index (χ3n) is 3.42. The second-order valence-corrected chi connectivity index (χ2v) is 5.03. The molecule has 0 saturated carbocycles. The SMILES string of the molecule is C=CCOc1ccc(C(=O)NCC(C)(CC)C(=O)O)cc1. The number of carboxylic acids is 1. The Labute approximate surface area is 124 Å². The maximum atomic E-state index is 12.0. The molecular weight excluding hydrogens is 270 g/mol. The Kier molecular flexibility index (Phi) is 5.96. The van der Waals surface area contributed by atoms with E-state index in [0.717, 1.165) is 0 Å². The third-order valence-corrected chi connectivity index (χ3v) is 3.42. The summed E-state index contributed by atoms with van der Waals surface area (Å²) in [5.41, 5.74) is -0.493. The van der Waals surface area contributed by atoms with Crippen LogP contribution < -0.4 is 10.1 Å². The first-order valence-electron chi connectivity index (χ1n) is 6.78. The van der Waals surface area contributed by atoms with Gasteiger partial charge in [-0.2, -0.15) is 0 Å². The van der Waals surface area contributed by atoms with E-state index in [1.807, 2.05) is 0 Å². The molecule has 0 fully saturated rings. The first kappa shape index (κ1) is 16.8. The lowest BCUT2D eigenvalue weighted by Gasteiger charge is -2.23. The van der Waals surface area contributed by atoms with Gasteiger partial charge in [-0.05, 0) is 37.6 Å². The molecule has 0 bridgehead atoms. The fourth-order valence-electron chi connectivity index (χ4n) is 1.59. The second kappa shape index (κ2) is 7.47. The molecule has 0 aliphatic carbocycles. The maximum absolute atomic E-state index is 12.0. The summed E-state index contributed by atoms with van der Waals surface area (Å²) >= 11 is 0. The van der Waals surface area contributed by atoms with Crippen molar-refractivity contribution in [2.24, 2.45) is 5.41 Å². The van der Waals surface area contributed by atoms with Gasteiger partial charge in [-0.25, -0.2) is 0 Å². The first-order chi connectivity index (χ1) is 9.92. The first-order valence-corrected chi connectivity index (χ1v) is 6.78. The number of hydrogen-bond acceptors (Lipinski definition) is 3. The molecule has 1 unspecified atom stereocenters. The molecule has 0 heterocycles. The highest BCUT2D eigenvalue weighted by atomic mass is 16.5. The average Bonchev–Trinajstić information content (AvgIpc) is 2.50. The molecule has 0 spiro atoms. The lowest BCUT2D eigenvalue weighted by molar-refractivity contribution is -0.147. The number of ether oxygens (including phenoxy) is 1. The van der Waals surface area contributed by atoms with E-state index >= 15 is 0 Å². The molecular formula is C16H21NO4. The predicted molar refractivity (Wildman–Crippen MR) is 80.5 cm³/mol. The second-order valence-electron chi connectivity index (χ2n) is 5.03. The van der Waals surface area contributed by atoms with Crippen LogP contribution in [0.3, 0.4) is 0 Å². The van der Waals surface area contributed by atoms with Crippen molar-refractivity contribution in [3.8, 4) is 5.75 Å². The molecule has 114 valence electrons. The fourth-order valence-corrected chi connectivity index (χ4v) is 1.59. The van der Waals surface area contributed by atoms with Crippen LogP contribution in [0.1, 0.15) is 30.6 Å². The van der Waals surface area contributed by atoms with Crippen molar-refractivity contribution in [3.63, 3.8) is 0 Å². The molecule has 1 aromatic carbocycles. The van der Waals surface area contributed by atoms with Gasteiger partial charge in [0.1, 0.15) is 12.4 Å². The molecule has 0 aromatic heterocycles. The van der Waals surface area contributed by atoms with E-state index in [1.54, 1.807) is 44.2 Å². The molecule has 5 heteroatoms. The van der Waals surface area contributed by atoms with Crippen LogP contribution >= 0.6 is 0 Å². The summed E-state index contributed by atoms with van der Waals surface area (Å²) in [7, 11) is 0. The van der Waals surface area contributed by atoms with Crippen molar-refractivity contribution in [1.82, 2.24) is 5.32 Å². The van der Waals surface area contributed by atoms with Crippen molar-refractivity contribution in [2.45, 2.75) is 20.3 Å². The van der Waals surface area contributed by atoms with Crippen molar-refractivity contribution in [2.75, 3.05) is 13.2 Å². The van der Waals surface area contributed by atoms with Crippen LogP contribution in [-0.4, -0.2) is 30.1 Å². The standard InChI is InChI=1S/C16H21NO4/c1-4-10-21-13-8-6-12(7-9-13)14(18)17-11-16(3,5-2)15(19)20/h4,6-9H,1,5,10-11H2,2-3H3,(H,17,18)(H,19,20). The van der Waals surface area contributed by atoms with Gasteiger partial charge in [-0.1, -0.05) is 19.6 Å². The summed E-state index contributed by atoms with van der Waals surface area (Å²) in [6, 6.07) is 6.65. The van der Waals surface area contributed by atoms with Gasteiger partial charge in [0.15, 0.2) is 0 Å². The smallest absolute Gasteiger partial charge is 0.311 e. The van der Waals surface area contributed by atoms with Crippen LogP contribution in [0.25, 0.3) is 0 Å². The van der Waals surface area contributed by atoms with Gasteiger partial charge < -0.3 is 15.2 Å². The summed E-state index contributed by atoms with van der Waals surface area (Å²) in [5, 5.41) is 11.8. The number of nitrogens with one attached hydrogen (secondary N) is 1. The largest absolute Gasteiger partial charge is 0.490 e. The number of hydrogen-bond donors (Lipinski definition) is 2. The third kappa shape index (κ3) is 4.63. The van der Waals surface area contributed by atoms with Crippen LogP contribution in [-0.2, 0) is 4.79 Å². The van der Waals surface area contributed by atoms with Crippen molar-refractivity contribution in [1.29, 1.82) is 0 Å². The lowest BCUT2D eigenvalue weighted by atomic mass is 9.87. The fraction of sp³-hybridized carbons (Fsp3) is 0.375. The lowest BCUT2D eigenvalue weighted by Crippen LogP contribution is -2.40. The quantitative estimate of drug-likeness (QED) is 0.721. The number of rotatable bonds is 8. The molecule has 0 aliphatic rings. The Bertz CT molecular complexity index is 510. The minimum Gasteiger partial charge on any atom is -0.490 e. The minimum absolute atomic E-state index is 0.0897. The summed E-state index contributed by atoms with van der Waals surface area (Å²) in [6.07, 6.45) is 2.08. The van der Waals surface area contributed by atoms with Crippen LogP contribution in [0.2, 0.25) is 0 Å². The molecule has 2 N–H and O–H groups in total. The molecule has 1 rings (SSSR count). The van der Waals surface area contributed by atoms with Crippen LogP contribution in [0.4, 0.5) is 0 Å². The highest BCUT2D eigenvalue weighted by Gasteiger charge is 2.31. The normalized spacial score (nSPS) is 13.0. The van der Waals surface area contributed by atoms with E-state index in [9.17, 15) is 9.59 Å². The summed E-state index contributed by atoms with van der Waals surface area (Å²) in [4.78, 5) is 23.2. The molecule has 1 atom stereocenters. The van der Waals surface area contributed by atoms with E-state index in [0.29, 0.717) is 24.3 Å². The average molecular weight is 291 g/mol. The van der Waals surface area contributed by atoms with Gasteiger partial charge in [0.05, 0.1) is 5.41 Å². The van der Waals surface area contributed by atoms with Gasteiger partial charge in [0.25, 0.3) is 5.91 Å². The zero-order chi connectivity index (χ0) is 15.9. The number of carbonyl (C=O) groups excluding carboxylic acids is 1. The Morgan fingerprint density at radius 3 is 2.48 bits per heavy atom. The van der Waals surface area contributed by atoms with Crippen molar-refractivity contribution in [3.05, 3.63) is 42.5 Å². The number of carboxylic acid groups (broad SMARTS) is 1. The number of carbonyl (C=O) groups is 2. The van der Waals surface area contributed by atoms with Crippen LogP contribution in [0, 0.1) is 5.41 Å². The number of aliphatic carboxylic acids is 1. The monoisotopic (exact) mass is 291 g/mol. The van der Waals surface area contributed by atoms with Crippen molar-refractivity contribution < 1.29 is 19.4 Å². The van der Waals surface area contributed by atoms with Gasteiger partial charge in [-0.15, -0.1) is 0 Å². The van der Waals surface area contributed by atoms with E-state index in [2.05, 4.69) is 11.9 Å². The van der Waals surface area contributed by atoms with Gasteiger partial charge in [0.2, 0.25) is 0 Å². The molecule has 0 aliphatic heterocycles. The van der Waals surface area contributed by atoms with Gasteiger partial charge in [0, 0.05) is 12.1 Å². The highest BCUT2D eigenvalue weighted by molar-refractivity contribution is 5.94. The molecule has 21 heavy (non-hydrogen) atoms. The van der Waals surface area contributed by atoms with E-state index in [1.165, 1.54) is 0 Å². The Morgan fingerprint density at radius 1 is 1.38 bits per heavy atom. The Balaban J connectivity index is 2.63.